The topological polar surface area (TPSA) is 66.5 Å². The molecule has 0 aliphatic carbocycles. The van der Waals surface area contributed by atoms with Crippen molar-refractivity contribution in [1.29, 1.82) is 0 Å². The van der Waals surface area contributed by atoms with Crippen molar-refractivity contribution in [1.82, 2.24) is 0 Å². The molecule has 0 aliphatic heterocycles. The van der Waals surface area contributed by atoms with E-state index < -0.39 is 12.2 Å². The van der Waals surface area contributed by atoms with Gasteiger partial charge in [-0.15, -0.1) is 0 Å². The maximum absolute atomic E-state index is 9.91. The minimum Gasteiger partial charge on any atom is -0.390 e. The molecule has 0 radical (unpaired) electrons. The molecule has 2 atom stereocenters. The van der Waals surface area contributed by atoms with Crippen molar-refractivity contribution in [3.8, 4) is 0 Å². The predicted octanol–water partition coefficient (Wildman–Crippen LogP) is 1.37. The van der Waals surface area contributed by atoms with Gasteiger partial charge in [-0.05, 0) is 30.5 Å². The number of halogens is 1. The molecule has 0 aliphatic rings. The number of hydrogen-bond donors (Lipinski definition) is 3. The minimum atomic E-state index is -0.824. The van der Waals surface area contributed by atoms with Gasteiger partial charge in [0.05, 0.1) is 6.10 Å². The molecule has 0 saturated carbocycles. The molecule has 0 spiro atoms. The van der Waals surface area contributed by atoms with Gasteiger partial charge in [0.15, 0.2) is 0 Å². The molecule has 1 aromatic carbocycles. The predicted molar refractivity (Wildman–Crippen MR) is 68.6 cm³/mol. The fourth-order valence-electron chi connectivity index (χ4n) is 1.59. The summed E-state index contributed by atoms with van der Waals surface area (Å²) in [5, 5.41) is 20.3. The van der Waals surface area contributed by atoms with Gasteiger partial charge in [0.1, 0.15) is 6.10 Å². The smallest absolute Gasteiger partial charge is 0.105 e. The van der Waals surface area contributed by atoms with E-state index >= 15 is 0 Å². The quantitative estimate of drug-likeness (QED) is 0.693. The summed E-state index contributed by atoms with van der Waals surface area (Å²) in [5.41, 5.74) is 7.31. The molecule has 0 aromatic heterocycles. The summed E-state index contributed by atoms with van der Waals surface area (Å²) in [7, 11) is 0. The van der Waals surface area contributed by atoms with Crippen LogP contribution >= 0.6 is 15.9 Å². The molecule has 0 fully saturated rings. The van der Waals surface area contributed by atoms with Gasteiger partial charge < -0.3 is 15.9 Å². The molecule has 2 unspecified atom stereocenters. The Labute approximate surface area is 104 Å². The van der Waals surface area contributed by atoms with Crippen molar-refractivity contribution in [3.63, 3.8) is 0 Å². The van der Waals surface area contributed by atoms with Gasteiger partial charge in [-0.2, -0.15) is 0 Å². The number of benzene rings is 1. The Hall–Kier alpha value is -0.420. The second kappa shape index (κ2) is 7.01. The van der Waals surface area contributed by atoms with E-state index in [0.29, 0.717) is 18.3 Å². The lowest BCUT2D eigenvalue weighted by molar-refractivity contribution is 0.0173. The maximum atomic E-state index is 9.91. The second-order valence-electron chi connectivity index (χ2n) is 3.77. The zero-order valence-corrected chi connectivity index (χ0v) is 10.7. The van der Waals surface area contributed by atoms with Crippen LogP contribution < -0.4 is 5.73 Å². The van der Waals surface area contributed by atoms with Crippen LogP contribution in [0.3, 0.4) is 0 Å². The molecule has 16 heavy (non-hydrogen) atoms. The first-order chi connectivity index (χ1) is 7.69. The van der Waals surface area contributed by atoms with Crippen molar-refractivity contribution in [3.05, 3.63) is 35.4 Å². The zero-order valence-electron chi connectivity index (χ0n) is 9.14. The average molecular weight is 288 g/mol. The first-order valence-corrected chi connectivity index (χ1v) is 6.52. The van der Waals surface area contributed by atoms with Gasteiger partial charge in [-0.3, -0.25) is 0 Å². The molecule has 1 aromatic rings. The van der Waals surface area contributed by atoms with E-state index in [1.165, 1.54) is 0 Å². The highest BCUT2D eigenvalue weighted by atomic mass is 79.9. The molecule has 4 heteroatoms. The Bertz CT molecular complexity index is 320. The van der Waals surface area contributed by atoms with Crippen molar-refractivity contribution in [2.75, 3.05) is 11.9 Å². The van der Waals surface area contributed by atoms with E-state index in [2.05, 4.69) is 15.9 Å². The van der Waals surface area contributed by atoms with Crippen LogP contribution in [0.2, 0.25) is 0 Å². The van der Waals surface area contributed by atoms with Crippen LogP contribution in [0.15, 0.2) is 24.3 Å². The number of nitrogens with two attached hydrogens (primary N) is 1. The van der Waals surface area contributed by atoms with Crippen molar-refractivity contribution < 1.29 is 10.2 Å². The van der Waals surface area contributed by atoms with Crippen LogP contribution in [0.5, 0.6) is 0 Å². The van der Waals surface area contributed by atoms with E-state index in [4.69, 9.17) is 5.73 Å². The Morgan fingerprint density at radius 1 is 1.31 bits per heavy atom. The Balaban J connectivity index is 2.74. The van der Waals surface area contributed by atoms with Crippen LogP contribution in [0.1, 0.15) is 23.7 Å². The Kier molecular flexibility index (Phi) is 5.98. The Morgan fingerprint density at radius 2 is 2.06 bits per heavy atom. The number of aliphatic hydroxyl groups is 2. The van der Waals surface area contributed by atoms with Crippen molar-refractivity contribution in [2.24, 2.45) is 5.73 Å². The fraction of sp³-hybridized carbons (Fsp3) is 0.500. The molecule has 3 nitrogen and oxygen atoms in total. The third-order valence-electron chi connectivity index (χ3n) is 2.49. The van der Waals surface area contributed by atoms with Crippen LogP contribution in [-0.4, -0.2) is 28.2 Å². The van der Waals surface area contributed by atoms with Crippen LogP contribution in [0.4, 0.5) is 0 Å². The third-order valence-corrected chi connectivity index (χ3v) is 2.95. The molecule has 0 amide bonds. The highest BCUT2D eigenvalue weighted by Crippen LogP contribution is 2.20. The normalized spacial score (nSPS) is 14.8. The van der Waals surface area contributed by atoms with Gasteiger partial charge in [0, 0.05) is 5.33 Å². The maximum Gasteiger partial charge on any atom is 0.105 e. The number of aliphatic hydroxyl groups excluding tert-OH is 2. The number of hydrogen-bond acceptors (Lipinski definition) is 3. The summed E-state index contributed by atoms with van der Waals surface area (Å²) in [6, 6.07) is 7.57. The van der Waals surface area contributed by atoms with E-state index in [-0.39, 0.29) is 0 Å². The number of rotatable bonds is 6. The summed E-state index contributed by atoms with van der Waals surface area (Å²) in [4.78, 5) is 0. The summed E-state index contributed by atoms with van der Waals surface area (Å²) in [6.07, 6.45) is -0.236. The summed E-state index contributed by atoms with van der Waals surface area (Å²) < 4.78 is 0. The van der Waals surface area contributed by atoms with Crippen molar-refractivity contribution >= 4 is 15.9 Å². The van der Waals surface area contributed by atoms with Crippen LogP contribution in [0, 0.1) is 0 Å². The van der Waals surface area contributed by atoms with E-state index in [9.17, 15) is 10.2 Å². The molecule has 0 saturated heterocycles. The lowest BCUT2D eigenvalue weighted by atomic mass is 9.99. The standard InChI is InChI=1S/C12H18BrNO2/c13-6-4-11(15)12(16)10-3-1-2-9(8-10)5-7-14/h1-3,8,11-12,15-16H,4-7,14H2. The van der Waals surface area contributed by atoms with Crippen LogP contribution in [0.25, 0.3) is 0 Å². The van der Waals surface area contributed by atoms with E-state index in [1.807, 2.05) is 24.3 Å². The summed E-state index contributed by atoms with van der Waals surface area (Å²) >= 11 is 3.24. The van der Waals surface area contributed by atoms with Gasteiger partial charge in [0.2, 0.25) is 0 Å². The third kappa shape index (κ3) is 3.87. The van der Waals surface area contributed by atoms with Gasteiger partial charge in [0.25, 0.3) is 0 Å². The zero-order chi connectivity index (χ0) is 12.0. The largest absolute Gasteiger partial charge is 0.390 e. The molecule has 0 heterocycles. The monoisotopic (exact) mass is 287 g/mol. The highest BCUT2D eigenvalue weighted by molar-refractivity contribution is 9.09. The molecular weight excluding hydrogens is 270 g/mol. The molecule has 4 N–H and O–H groups in total. The van der Waals surface area contributed by atoms with Crippen molar-refractivity contribution in [2.45, 2.75) is 25.0 Å². The highest BCUT2D eigenvalue weighted by Gasteiger charge is 2.17. The van der Waals surface area contributed by atoms with Gasteiger partial charge in [-0.1, -0.05) is 40.2 Å². The summed E-state index contributed by atoms with van der Waals surface area (Å²) in [5.74, 6) is 0. The first kappa shape index (κ1) is 13.6. The van der Waals surface area contributed by atoms with E-state index in [1.54, 1.807) is 0 Å². The fourth-order valence-corrected chi connectivity index (χ4v) is 2.06. The summed E-state index contributed by atoms with van der Waals surface area (Å²) in [6.45, 7) is 0.587. The average Bonchev–Trinajstić information content (AvgIpc) is 2.29. The molecular formula is C12H18BrNO2. The molecule has 0 bridgehead atoms. The molecule has 1 rings (SSSR count). The lowest BCUT2D eigenvalue weighted by Gasteiger charge is -2.17. The SMILES string of the molecule is NCCc1cccc(C(O)C(O)CCBr)c1. The second-order valence-corrected chi connectivity index (χ2v) is 4.57. The van der Waals surface area contributed by atoms with Gasteiger partial charge in [-0.25, -0.2) is 0 Å². The van der Waals surface area contributed by atoms with Gasteiger partial charge >= 0.3 is 0 Å². The lowest BCUT2D eigenvalue weighted by Crippen LogP contribution is -2.18. The number of alkyl halides is 1. The first-order valence-electron chi connectivity index (χ1n) is 5.40. The molecule has 90 valence electrons. The minimum absolute atomic E-state index is 0.530. The van der Waals surface area contributed by atoms with Crippen LogP contribution in [-0.2, 0) is 6.42 Å². The Morgan fingerprint density at radius 3 is 2.69 bits per heavy atom. The van der Waals surface area contributed by atoms with E-state index in [0.717, 1.165) is 17.5 Å².